The van der Waals surface area contributed by atoms with Crippen LogP contribution in [0.15, 0.2) is 35.4 Å². The van der Waals surface area contributed by atoms with Crippen LogP contribution in [-0.4, -0.2) is 32.6 Å². The van der Waals surface area contributed by atoms with Crippen molar-refractivity contribution < 1.29 is 19.0 Å². The van der Waals surface area contributed by atoms with Crippen molar-refractivity contribution in [2.75, 3.05) is 20.3 Å². The molecule has 8 heteroatoms. The Bertz CT molecular complexity index is 856. The number of carbonyl (C=O) groups is 1. The molecule has 0 radical (unpaired) electrons. The van der Waals surface area contributed by atoms with E-state index in [1.165, 1.54) is 13.3 Å². The lowest BCUT2D eigenvalue weighted by Crippen LogP contribution is -2.24. The van der Waals surface area contributed by atoms with E-state index in [0.29, 0.717) is 41.7 Å². The van der Waals surface area contributed by atoms with Crippen LogP contribution in [0.2, 0.25) is 5.02 Å². The van der Waals surface area contributed by atoms with Gasteiger partial charge in [-0.2, -0.15) is 5.10 Å². The molecule has 0 heterocycles. The zero-order valence-electron chi connectivity index (χ0n) is 16.1. The highest BCUT2D eigenvalue weighted by Crippen LogP contribution is 2.36. The number of aryl methyl sites for hydroxylation is 2. The monoisotopic (exact) mass is 405 g/mol. The molecule has 7 nitrogen and oxygen atoms in total. The van der Waals surface area contributed by atoms with Crippen LogP contribution in [0, 0.1) is 13.8 Å². The van der Waals surface area contributed by atoms with Gasteiger partial charge in [0, 0.05) is 6.42 Å². The van der Waals surface area contributed by atoms with Gasteiger partial charge >= 0.3 is 6.03 Å². The normalized spacial score (nSPS) is 10.7. The molecule has 28 heavy (non-hydrogen) atoms. The molecule has 2 rings (SSSR count). The van der Waals surface area contributed by atoms with Gasteiger partial charge in [-0.25, -0.2) is 10.2 Å². The van der Waals surface area contributed by atoms with Gasteiger partial charge in [0.05, 0.1) is 31.6 Å². The van der Waals surface area contributed by atoms with Gasteiger partial charge in [0.25, 0.3) is 0 Å². The van der Waals surface area contributed by atoms with Gasteiger partial charge in [-0.15, -0.1) is 0 Å². The summed E-state index contributed by atoms with van der Waals surface area (Å²) in [5.74, 6) is 1.78. The predicted octanol–water partition coefficient (Wildman–Crippen LogP) is 3.82. The maximum Gasteiger partial charge on any atom is 0.332 e. The first-order chi connectivity index (χ1) is 13.4. The SMILES string of the molecule is COc1cc(C=NNC(N)=O)cc(Cl)c1OCCCOc1cc(C)ccc1C. The summed E-state index contributed by atoms with van der Waals surface area (Å²) in [4.78, 5) is 10.6. The van der Waals surface area contributed by atoms with Crippen molar-refractivity contribution in [3.05, 3.63) is 52.0 Å². The molecule has 150 valence electrons. The summed E-state index contributed by atoms with van der Waals surface area (Å²) in [7, 11) is 1.52. The van der Waals surface area contributed by atoms with Crippen molar-refractivity contribution in [1.82, 2.24) is 5.43 Å². The van der Waals surface area contributed by atoms with Crippen LogP contribution in [-0.2, 0) is 0 Å². The number of benzene rings is 2. The van der Waals surface area contributed by atoms with Crippen molar-refractivity contribution in [1.29, 1.82) is 0 Å². The van der Waals surface area contributed by atoms with Crippen molar-refractivity contribution in [3.8, 4) is 17.2 Å². The molecule has 0 aliphatic carbocycles. The van der Waals surface area contributed by atoms with Crippen molar-refractivity contribution in [3.63, 3.8) is 0 Å². The van der Waals surface area contributed by atoms with Gasteiger partial charge in [0.15, 0.2) is 11.5 Å². The summed E-state index contributed by atoms with van der Waals surface area (Å²) in [5, 5.41) is 4.07. The summed E-state index contributed by atoms with van der Waals surface area (Å²) in [6.45, 7) is 4.98. The number of urea groups is 1. The van der Waals surface area contributed by atoms with E-state index in [1.54, 1.807) is 12.1 Å². The maximum absolute atomic E-state index is 10.6. The average molecular weight is 406 g/mol. The van der Waals surface area contributed by atoms with Crippen molar-refractivity contribution >= 4 is 23.8 Å². The van der Waals surface area contributed by atoms with Gasteiger partial charge in [-0.3, -0.25) is 0 Å². The standard InChI is InChI=1S/C20H24ClN3O4/c1-13-5-6-14(2)17(9-13)27-7-4-8-28-19-16(21)10-15(11-18(19)26-3)12-23-24-20(22)25/h5-6,9-12H,4,7-8H2,1-3H3,(H3,22,24,25). The molecule has 0 saturated heterocycles. The van der Waals surface area contributed by atoms with Crippen LogP contribution in [0.3, 0.4) is 0 Å². The van der Waals surface area contributed by atoms with Crippen LogP contribution in [0.1, 0.15) is 23.1 Å². The number of carbonyl (C=O) groups excluding carboxylic acids is 1. The first-order valence-corrected chi connectivity index (χ1v) is 9.07. The molecule has 0 aliphatic rings. The van der Waals surface area contributed by atoms with Gasteiger partial charge in [0.1, 0.15) is 5.75 Å². The Labute approximate surface area is 169 Å². The highest BCUT2D eigenvalue weighted by molar-refractivity contribution is 6.32. The van der Waals surface area contributed by atoms with Crippen molar-refractivity contribution in [2.24, 2.45) is 10.8 Å². The Balaban J connectivity index is 1.91. The number of hydrazone groups is 1. The van der Waals surface area contributed by atoms with Crippen LogP contribution in [0.5, 0.6) is 17.2 Å². The minimum absolute atomic E-state index is 0.371. The average Bonchev–Trinajstić information content (AvgIpc) is 2.64. The number of amides is 2. The number of nitrogens with zero attached hydrogens (tertiary/aromatic N) is 1. The first-order valence-electron chi connectivity index (χ1n) is 8.69. The number of ether oxygens (including phenoxy) is 3. The fourth-order valence-electron chi connectivity index (χ4n) is 2.40. The molecule has 0 unspecified atom stereocenters. The lowest BCUT2D eigenvalue weighted by atomic mass is 10.1. The van der Waals surface area contributed by atoms with Gasteiger partial charge < -0.3 is 19.9 Å². The number of nitrogens with two attached hydrogens (primary N) is 1. The second-order valence-corrected chi connectivity index (χ2v) is 6.49. The number of primary amides is 1. The van der Waals surface area contributed by atoms with E-state index in [4.69, 9.17) is 31.5 Å². The van der Waals surface area contributed by atoms with E-state index < -0.39 is 6.03 Å². The fraction of sp³-hybridized carbons (Fsp3) is 0.300. The van der Waals surface area contributed by atoms with E-state index >= 15 is 0 Å². The number of halogens is 1. The molecule has 2 aromatic rings. The summed E-state index contributed by atoms with van der Waals surface area (Å²) in [5.41, 5.74) is 9.95. The van der Waals surface area contributed by atoms with E-state index in [2.05, 4.69) is 16.6 Å². The molecule has 2 aromatic carbocycles. The molecule has 0 fully saturated rings. The lowest BCUT2D eigenvalue weighted by Gasteiger charge is -2.14. The largest absolute Gasteiger partial charge is 0.493 e. The van der Waals surface area contributed by atoms with Crippen molar-refractivity contribution in [2.45, 2.75) is 20.3 Å². The molecule has 0 bridgehead atoms. The molecule has 0 aromatic heterocycles. The maximum atomic E-state index is 10.6. The minimum atomic E-state index is -0.752. The Hall–Kier alpha value is -2.93. The smallest absolute Gasteiger partial charge is 0.332 e. The molecular formula is C20H24ClN3O4. The van der Waals surface area contributed by atoms with E-state index in [1.807, 2.05) is 26.0 Å². The van der Waals surface area contributed by atoms with E-state index in [0.717, 1.165) is 16.9 Å². The fourth-order valence-corrected chi connectivity index (χ4v) is 2.68. The van der Waals surface area contributed by atoms with Gasteiger partial charge in [0.2, 0.25) is 0 Å². The third-order valence-electron chi connectivity index (χ3n) is 3.78. The second-order valence-electron chi connectivity index (χ2n) is 6.09. The number of nitrogens with one attached hydrogen (secondary N) is 1. The zero-order chi connectivity index (χ0) is 20.5. The highest BCUT2D eigenvalue weighted by Gasteiger charge is 2.11. The Morgan fingerprint density at radius 3 is 2.64 bits per heavy atom. The molecule has 2 amide bonds. The molecule has 0 saturated carbocycles. The lowest BCUT2D eigenvalue weighted by molar-refractivity contribution is 0.240. The first kappa shape index (κ1) is 21.4. The number of hydrogen-bond donors (Lipinski definition) is 2. The summed E-state index contributed by atoms with van der Waals surface area (Å²) < 4.78 is 16.9. The molecule has 0 spiro atoms. The summed E-state index contributed by atoms with van der Waals surface area (Å²) in [6.07, 6.45) is 2.08. The van der Waals surface area contributed by atoms with Crippen LogP contribution in [0.25, 0.3) is 0 Å². The van der Waals surface area contributed by atoms with Crippen LogP contribution in [0.4, 0.5) is 4.79 Å². The molecule has 0 atom stereocenters. The predicted molar refractivity (Wildman–Crippen MR) is 110 cm³/mol. The van der Waals surface area contributed by atoms with Crippen LogP contribution < -0.4 is 25.4 Å². The third-order valence-corrected chi connectivity index (χ3v) is 4.06. The summed E-state index contributed by atoms with van der Waals surface area (Å²) >= 11 is 6.29. The van der Waals surface area contributed by atoms with Crippen LogP contribution >= 0.6 is 11.6 Å². The van der Waals surface area contributed by atoms with E-state index in [9.17, 15) is 4.79 Å². The van der Waals surface area contributed by atoms with Gasteiger partial charge in [-0.05, 0) is 48.7 Å². The molecule has 0 aliphatic heterocycles. The Morgan fingerprint density at radius 1 is 1.18 bits per heavy atom. The topological polar surface area (TPSA) is 95.2 Å². The Kier molecular flexibility index (Phi) is 7.95. The Morgan fingerprint density at radius 2 is 1.93 bits per heavy atom. The number of hydrogen-bond acceptors (Lipinski definition) is 5. The highest BCUT2D eigenvalue weighted by atomic mass is 35.5. The second kappa shape index (κ2) is 10.4. The van der Waals surface area contributed by atoms with Gasteiger partial charge in [-0.1, -0.05) is 23.7 Å². The number of methoxy groups -OCH3 is 1. The van der Waals surface area contributed by atoms with E-state index in [-0.39, 0.29) is 0 Å². The minimum Gasteiger partial charge on any atom is -0.493 e. The molecule has 3 N–H and O–H groups in total. The molecular weight excluding hydrogens is 382 g/mol. The quantitative estimate of drug-likeness (QED) is 0.376. The summed E-state index contributed by atoms with van der Waals surface area (Å²) in [6, 6.07) is 8.70. The zero-order valence-corrected chi connectivity index (χ0v) is 16.9. The number of rotatable bonds is 9. The third kappa shape index (κ3) is 6.35.